The zero-order valence-electron chi connectivity index (χ0n) is 12.5. The summed E-state index contributed by atoms with van der Waals surface area (Å²) >= 11 is 0. The summed E-state index contributed by atoms with van der Waals surface area (Å²) in [7, 11) is -0.691. The van der Waals surface area contributed by atoms with Gasteiger partial charge >= 0.3 is 6.18 Å². The van der Waals surface area contributed by atoms with Gasteiger partial charge in [0.1, 0.15) is 0 Å². The Labute approximate surface area is 130 Å². The van der Waals surface area contributed by atoms with E-state index in [9.17, 15) is 26.7 Å². The summed E-state index contributed by atoms with van der Waals surface area (Å²) in [5.41, 5.74) is 0. The van der Waals surface area contributed by atoms with Crippen LogP contribution in [0, 0.1) is 5.92 Å². The highest BCUT2D eigenvalue weighted by molar-refractivity contribution is 7.89. The molecule has 2 rings (SSSR count). The zero-order chi connectivity index (χ0) is 17.4. The van der Waals surface area contributed by atoms with Crippen molar-refractivity contribution in [1.82, 2.24) is 19.3 Å². The third-order valence-corrected chi connectivity index (χ3v) is 5.51. The molecule has 0 radical (unpaired) electrons. The fourth-order valence-electron chi connectivity index (χ4n) is 2.28. The normalized spacial score (nSPS) is 23.8. The van der Waals surface area contributed by atoms with Crippen LogP contribution in [0.1, 0.15) is 11.7 Å². The number of aliphatic hydroxyl groups excluding tert-OH is 1. The minimum atomic E-state index is -4.69. The molecular weight excluding hydrogens is 341 g/mol. The molecule has 132 valence electrons. The number of aromatic nitrogens is 2. The van der Waals surface area contributed by atoms with Crippen LogP contribution in [0.4, 0.5) is 13.2 Å². The number of hydrogen-bond donors (Lipinski definition) is 1. The molecule has 1 saturated heterocycles. The Morgan fingerprint density at radius 3 is 2.57 bits per heavy atom. The zero-order valence-corrected chi connectivity index (χ0v) is 13.3. The van der Waals surface area contributed by atoms with E-state index in [1.54, 1.807) is 4.90 Å². The Balaban J connectivity index is 1.98. The molecule has 1 aromatic rings. The first-order valence-corrected chi connectivity index (χ1v) is 8.30. The van der Waals surface area contributed by atoms with Gasteiger partial charge < -0.3 is 9.63 Å². The van der Waals surface area contributed by atoms with Gasteiger partial charge in [-0.2, -0.15) is 18.2 Å². The molecule has 2 heterocycles. The molecule has 1 N–H and O–H groups in total. The first-order valence-electron chi connectivity index (χ1n) is 6.69. The van der Waals surface area contributed by atoms with Crippen molar-refractivity contribution in [2.45, 2.75) is 18.8 Å². The van der Waals surface area contributed by atoms with Crippen molar-refractivity contribution in [3.8, 4) is 0 Å². The molecule has 1 aliphatic rings. The Morgan fingerprint density at radius 2 is 2.04 bits per heavy atom. The number of aliphatic hydroxyl groups is 1. The van der Waals surface area contributed by atoms with E-state index >= 15 is 0 Å². The highest BCUT2D eigenvalue weighted by Gasteiger charge is 2.39. The monoisotopic (exact) mass is 358 g/mol. The van der Waals surface area contributed by atoms with E-state index in [2.05, 4.69) is 14.7 Å². The van der Waals surface area contributed by atoms with Crippen molar-refractivity contribution in [3.05, 3.63) is 11.7 Å². The topological polar surface area (TPSA) is 99.8 Å². The molecule has 0 spiro atoms. The maximum absolute atomic E-state index is 12.4. The number of β-amino-alcohol motifs (C(OH)–C–C–N with tert-alkyl or cyclic N) is 1. The maximum atomic E-state index is 12.4. The van der Waals surface area contributed by atoms with Crippen LogP contribution in [0.2, 0.25) is 0 Å². The summed E-state index contributed by atoms with van der Waals surface area (Å²) in [4.78, 5) is 4.82. The summed E-state index contributed by atoms with van der Waals surface area (Å²) in [6, 6.07) is 0. The van der Waals surface area contributed by atoms with Crippen molar-refractivity contribution < 1.29 is 31.2 Å². The van der Waals surface area contributed by atoms with Gasteiger partial charge in [0.2, 0.25) is 15.9 Å². The van der Waals surface area contributed by atoms with E-state index in [0.717, 1.165) is 4.31 Å². The van der Waals surface area contributed by atoms with Gasteiger partial charge in [0.05, 0.1) is 18.4 Å². The van der Waals surface area contributed by atoms with E-state index in [1.807, 2.05) is 0 Å². The van der Waals surface area contributed by atoms with Crippen molar-refractivity contribution >= 4 is 10.0 Å². The number of hydrogen-bond acceptors (Lipinski definition) is 7. The smallest absolute Gasteiger partial charge is 0.391 e. The largest absolute Gasteiger partial charge is 0.455 e. The van der Waals surface area contributed by atoms with Crippen LogP contribution < -0.4 is 0 Å². The second-order valence-corrected chi connectivity index (χ2v) is 7.82. The van der Waals surface area contributed by atoms with Gasteiger partial charge in [0.15, 0.2) is 0 Å². The minimum absolute atomic E-state index is 0.0847. The molecule has 12 heteroatoms. The number of rotatable bonds is 5. The number of halogens is 3. The molecular formula is C11H17F3N4O4S. The molecule has 1 aliphatic heterocycles. The predicted octanol–water partition coefficient (Wildman–Crippen LogP) is -0.227. The van der Waals surface area contributed by atoms with E-state index in [0.29, 0.717) is 0 Å². The van der Waals surface area contributed by atoms with Crippen LogP contribution in [0.3, 0.4) is 0 Å². The highest BCUT2D eigenvalue weighted by Crippen LogP contribution is 2.27. The number of sulfonamides is 1. The SMILES string of the molecule is CN(C)S(=O)(=O)C[C@@H]1CN(Cc2nc(C(F)(F)F)no2)C[C@@H]1O. The lowest BCUT2D eigenvalue weighted by Crippen LogP contribution is -2.33. The predicted molar refractivity (Wildman–Crippen MR) is 71.5 cm³/mol. The Bertz CT molecular complexity index is 646. The van der Waals surface area contributed by atoms with Gasteiger partial charge in [-0.1, -0.05) is 5.16 Å². The van der Waals surface area contributed by atoms with Crippen molar-refractivity contribution in [3.63, 3.8) is 0 Å². The second kappa shape index (κ2) is 6.34. The average molecular weight is 358 g/mol. The van der Waals surface area contributed by atoms with E-state index in [4.69, 9.17) is 0 Å². The summed E-state index contributed by atoms with van der Waals surface area (Å²) in [5, 5.41) is 12.8. The first kappa shape index (κ1) is 18.1. The van der Waals surface area contributed by atoms with Gasteiger partial charge in [-0.05, 0) is 0 Å². The minimum Gasteiger partial charge on any atom is -0.391 e. The lowest BCUT2D eigenvalue weighted by Gasteiger charge is -2.17. The first-order chi connectivity index (χ1) is 10.5. The highest BCUT2D eigenvalue weighted by atomic mass is 32.2. The Hall–Kier alpha value is -1.24. The molecule has 0 saturated carbocycles. The third-order valence-electron chi connectivity index (χ3n) is 3.54. The van der Waals surface area contributed by atoms with Crippen LogP contribution in [-0.4, -0.2) is 71.9 Å². The van der Waals surface area contributed by atoms with E-state index in [-0.39, 0.29) is 31.3 Å². The quantitative estimate of drug-likeness (QED) is 0.776. The van der Waals surface area contributed by atoms with E-state index in [1.165, 1.54) is 14.1 Å². The van der Waals surface area contributed by atoms with Gasteiger partial charge in [-0.25, -0.2) is 12.7 Å². The summed E-state index contributed by atoms with van der Waals surface area (Å²) < 4.78 is 66.5. The summed E-state index contributed by atoms with van der Waals surface area (Å²) in [6.45, 7) is 0.244. The number of alkyl halides is 3. The fraction of sp³-hybridized carbons (Fsp3) is 0.818. The number of nitrogens with zero attached hydrogens (tertiary/aromatic N) is 4. The maximum Gasteiger partial charge on any atom is 0.455 e. The van der Waals surface area contributed by atoms with Crippen molar-refractivity contribution in [1.29, 1.82) is 0 Å². The number of likely N-dealkylation sites (tertiary alicyclic amines) is 1. The van der Waals surface area contributed by atoms with Crippen LogP contribution in [0.25, 0.3) is 0 Å². The summed E-state index contributed by atoms with van der Waals surface area (Å²) in [6.07, 6.45) is -5.58. The second-order valence-electron chi connectivity index (χ2n) is 5.59. The van der Waals surface area contributed by atoms with Crippen LogP contribution >= 0.6 is 0 Å². The Kier molecular flexibility index (Phi) is 4.99. The van der Waals surface area contributed by atoms with Gasteiger partial charge in [-0.3, -0.25) is 4.90 Å². The fourth-order valence-corrected chi connectivity index (χ4v) is 3.45. The molecule has 0 unspecified atom stereocenters. The van der Waals surface area contributed by atoms with Crippen molar-refractivity contribution in [2.75, 3.05) is 32.9 Å². The summed E-state index contributed by atoms with van der Waals surface area (Å²) in [5.74, 6) is -2.37. The van der Waals surface area contributed by atoms with Crippen molar-refractivity contribution in [2.24, 2.45) is 5.92 Å². The molecule has 0 aromatic carbocycles. The van der Waals surface area contributed by atoms with Crippen LogP contribution in [0.15, 0.2) is 4.52 Å². The van der Waals surface area contributed by atoms with E-state index < -0.39 is 34.0 Å². The van der Waals surface area contributed by atoms with Crippen LogP contribution in [0.5, 0.6) is 0 Å². The van der Waals surface area contributed by atoms with Gasteiger partial charge in [-0.15, -0.1) is 0 Å². The molecule has 0 bridgehead atoms. The molecule has 2 atom stereocenters. The lowest BCUT2D eigenvalue weighted by molar-refractivity contribution is -0.146. The standard InChI is InChI=1S/C11H17F3N4O4S/c1-17(2)23(20,21)6-7-3-18(4-8(7)19)5-9-15-10(16-22-9)11(12,13)14/h7-8,19H,3-6H2,1-2H3/t7-,8-/m0/s1. The lowest BCUT2D eigenvalue weighted by atomic mass is 10.1. The average Bonchev–Trinajstić information content (AvgIpc) is 2.97. The molecule has 1 fully saturated rings. The molecule has 8 nitrogen and oxygen atoms in total. The molecule has 0 amide bonds. The molecule has 0 aliphatic carbocycles. The molecule has 1 aromatic heterocycles. The van der Waals surface area contributed by atoms with Crippen LogP contribution in [-0.2, 0) is 22.7 Å². The van der Waals surface area contributed by atoms with Gasteiger partial charge in [0.25, 0.3) is 5.82 Å². The Morgan fingerprint density at radius 1 is 1.39 bits per heavy atom. The molecule has 23 heavy (non-hydrogen) atoms. The third kappa shape index (κ3) is 4.40. The van der Waals surface area contributed by atoms with Gasteiger partial charge in [0, 0.05) is 33.1 Å².